The van der Waals surface area contributed by atoms with Crippen molar-refractivity contribution in [1.29, 1.82) is 5.26 Å². The fourth-order valence-electron chi connectivity index (χ4n) is 1.89. The molecule has 0 spiro atoms. The minimum Gasteiger partial charge on any atom is -0.373 e. The van der Waals surface area contributed by atoms with Crippen molar-refractivity contribution >= 4 is 11.6 Å². The number of anilines is 1. The third kappa shape index (κ3) is 3.24. The standard InChI is InChI=1S/C14H19N3O/c1-10-5-6-12(8-15)13(7-10)17(4)9-11(2)14(18)16-3/h5-7,11H,9H2,1-4H3,(H,16,18). The summed E-state index contributed by atoms with van der Waals surface area (Å²) in [5.74, 6) is -0.111. The van der Waals surface area contributed by atoms with E-state index in [4.69, 9.17) is 5.26 Å². The number of rotatable bonds is 4. The Morgan fingerprint density at radius 2 is 2.22 bits per heavy atom. The third-order valence-corrected chi connectivity index (χ3v) is 2.93. The molecule has 1 rings (SSSR count). The summed E-state index contributed by atoms with van der Waals surface area (Å²) >= 11 is 0. The third-order valence-electron chi connectivity index (χ3n) is 2.93. The molecule has 0 bridgehead atoms. The van der Waals surface area contributed by atoms with Crippen LogP contribution in [0.4, 0.5) is 5.69 Å². The Hall–Kier alpha value is -2.02. The summed E-state index contributed by atoms with van der Waals surface area (Å²) < 4.78 is 0. The van der Waals surface area contributed by atoms with E-state index < -0.39 is 0 Å². The van der Waals surface area contributed by atoms with Crippen LogP contribution in [0.25, 0.3) is 0 Å². The van der Waals surface area contributed by atoms with Gasteiger partial charge in [0.05, 0.1) is 17.2 Å². The molecule has 0 aliphatic carbocycles. The number of nitriles is 1. The van der Waals surface area contributed by atoms with Gasteiger partial charge in [-0.25, -0.2) is 0 Å². The van der Waals surface area contributed by atoms with Crippen molar-refractivity contribution < 1.29 is 4.79 Å². The number of amides is 1. The molecule has 1 amide bonds. The average Bonchev–Trinajstić information content (AvgIpc) is 2.37. The van der Waals surface area contributed by atoms with Crippen molar-refractivity contribution in [2.45, 2.75) is 13.8 Å². The minimum atomic E-state index is -0.118. The monoisotopic (exact) mass is 245 g/mol. The van der Waals surface area contributed by atoms with E-state index in [0.29, 0.717) is 12.1 Å². The van der Waals surface area contributed by atoms with Gasteiger partial charge in [-0.15, -0.1) is 0 Å². The fraction of sp³-hybridized carbons (Fsp3) is 0.429. The SMILES string of the molecule is CNC(=O)C(C)CN(C)c1cc(C)ccc1C#N. The predicted molar refractivity (Wildman–Crippen MR) is 72.4 cm³/mol. The quantitative estimate of drug-likeness (QED) is 0.878. The first kappa shape index (κ1) is 14.0. The smallest absolute Gasteiger partial charge is 0.224 e. The van der Waals surface area contributed by atoms with E-state index in [1.54, 1.807) is 7.05 Å². The van der Waals surface area contributed by atoms with E-state index in [1.807, 2.05) is 44.0 Å². The zero-order valence-corrected chi connectivity index (χ0v) is 11.3. The Labute approximate surface area is 108 Å². The molecular weight excluding hydrogens is 226 g/mol. The van der Waals surface area contributed by atoms with Gasteiger partial charge in [0.2, 0.25) is 5.91 Å². The van der Waals surface area contributed by atoms with Crippen LogP contribution in [-0.2, 0) is 4.79 Å². The molecule has 4 heteroatoms. The van der Waals surface area contributed by atoms with Gasteiger partial charge in [0.1, 0.15) is 6.07 Å². The van der Waals surface area contributed by atoms with E-state index in [1.165, 1.54) is 0 Å². The largest absolute Gasteiger partial charge is 0.373 e. The molecule has 0 heterocycles. The summed E-state index contributed by atoms with van der Waals surface area (Å²) in [6.45, 7) is 4.44. The highest BCUT2D eigenvalue weighted by atomic mass is 16.1. The zero-order valence-electron chi connectivity index (χ0n) is 11.3. The lowest BCUT2D eigenvalue weighted by molar-refractivity contribution is -0.123. The lowest BCUT2D eigenvalue weighted by Crippen LogP contribution is -2.34. The Morgan fingerprint density at radius 1 is 1.56 bits per heavy atom. The second-order valence-corrected chi connectivity index (χ2v) is 4.53. The highest BCUT2D eigenvalue weighted by Gasteiger charge is 2.15. The average molecular weight is 245 g/mol. The van der Waals surface area contributed by atoms with Gasteiger partial charge in [0.15, 0.2) is 0 Å². The highest BCUT2D eigenvalue weighted by molar-refractivity contribution is 5.78. The van der Waals surface area contributed by atoms with E-state index >= 15 is 0 Å². The summed E-state index contributed by atoms with van der Waals surface area (Å²) in [5, 5.41) is 11.7. The first-order valence-corrected chi connectivity index (χ1v) is 5.93. The number of hydrogen-bond donors (Lipinski definition) is 1. The first-order chi connectivity index (χ1) is 8.49. The number of nitrogens with one attached hydrogen (secondary N) is 1. The molecule has 0 saturated heterocycles. The van der Waals surface area contributed by atoms with Crippen molar-refractivity contribution in [2.75, 3.05) is 25.5 Å². The van der Waals surface area contributed by atoms with Crippen LogP contribution in [-0.4, -0.2) is 26.5 Å². The Morgan fingerprint density at radius 3 is 2.78 bits per heavy atom. The Bertz CT molecular complexity index is 476. The summed E-state index contributed by atoms with van der Waals surface area (Å²) in [7, 11) is 3.53. The van der Waals surface area contributed by atoms with Crippen LogP contribution < -0.4 is 10.2 Å². The predicted octanol–water partition coefficient (Wildman–Crippen LogP) is 1.68. The van der Waals surface area contributed by atoms with Gasteiger partial charge in [-0.3, -0.25) is 4.79 Å². The van der Waals surface area contributed by atoms with Crippen LogP contribution in [0, 0.1) is 24.2 Å². The molecule has 0 radical (unpaired) electrons. The normalized spacial score (nSPS) is 11.5. The van der Waals surface area contributed by atoms with Gasteiger partial charge in [-0.2, -0.15) is 5.26 Å². The number of carbonyl (C=O) groups is 1. The minimum absolute atomic E-state index is 0.00742. The van der Waals surface area contributed by atoms with Crippen LogP contribution >= 0.6 is 0 Å². The second-order valence-electron chi connectivity index (χ2n) is 4.53. The van der Waals surface area contributed by atoms with Crippen LogP contribution in [0.1, 0.15) is 18.1 Å². The van der Waals surface area contributed by atoms with E-state index in [-0.39, 0.29) is 11.8 Å². The molecule has 4 nitrogen and oxygen atoms in total. The molecule has 0 fully saturated rings. The van der Waals surface area contributed by atoms with Crippen LogP contribution in [0.2, 0.25) is 0 Å². The zero-order chi connectivity index (χ0) is 13.7. The Balaban J connectivity index is 2.90. The van der Waals surface area contributed by atoms with Crippen molar-refractivity contribution in [2.24, 2.45) is 5.92 Å². The van der Waals surface area contributed by atoms with Gasteiger partial charge in [-0.05, 0) is 24.6 Å². The molecule has 0 saturated carbocycles. The van der Waals surface area contributed by atoms with E-state index in [9.17, 15) is 4.79 Å². The first-order valence-electron chi connectivity index (χ1n) is 5.93. The molecule has 0 aliphatic rings. The molecule has 1 aromatic rings. The molecule has 1 aromatic carbocycles. The fourth-order valence-corrected chi connectivity index (χ4v) is 1.89. The van der Waals surface area contributed by atoms with Gasteiger partial charge >= 0.3 is 0 Å². The molecule has 1 unspecified atom stereocenters. The molecule has 0 aliphatic heterocycles. The summed E-state index contributed by atoms with van der Waals surface area (Å²) in [5.41, 5.74) is 2.60. The number of aryl methyl sites for hydroxylation is 1. The van der Waals surface area contributed by atoms with Gasteiger partial charge in [0.25, 0.3) is 0 Å². The lowest BCUT2D eigenvalue weighted by atomic mass is 10.1. The molecule has 96 valence electrons. The Kier molecular flexibility index (Phi) is 4.73. The van der Waals surface area contributed by atoms with Gasteiger partial charge in [0, 0.05) is 20.6 Å². The lowest BCUT2D eigenvalue weighted by Gasteiger charge is -2.24. The molecule has 1 N–H and O–H groups in total. The van der Waals surface area contributed by atoms with Crippen molar-refractivity contribution in [3.05, 3.63) is 29.3 Å². The maximum atomic E-state index is 11.5. The van der Waals surface area contributed by atoms with Crippen LogP contribution in [0.15, 0.2) is 18.2 Å². The van der Waals surface area contributed by atoms with E-state index in [2.05, 4.69) is 11.4 Å². The van der Waals surface area contributed by atoms with Gasteiger partial charge in [-0.1, -0.05) is 13.0 Å². The number of hydrogen-bond acceptors (Lipinski definition) is 3. The maximum absolute atomic E-state index is 11.5. The van der Waals surface area contributed by atoms with Crippen molar-refractivity contribution in [3.8, 4) is 6.07 Å². The number of carbonyl (C=O) groups excluding carboxylic acids is 1. The molecular formula is C14H19N3O. The highest BCUT2D eigenvalue weighted by Crippen LogP contribution is 2.21. The summed E-state index contributed by atoms with van der Waals surface area (Å²) in [6, 6.07) is 7.87. The van der Waals surface area contributed by atoms with Crippen molar-refractivity contribution in [3.63, 3.8) is 0 Å². The molecule has 1 atom stereocenters. The second kappa shape index (κ2) is 6.06. The topological polar surface area (TPSA) is 56.1 Å². The number of benzene rings is 1. The van der Waals surface area contributed by atoms with Gasteiger partial charge < -0.3 is 10.2 Å². The van der Waals surface area contributed by atoms with Crippen molar-refractivity contribution in [1.82, 2.24) is 5.32 Å². The van der Waals surface area contributed by atoms with E-state index in [0.717, 1.165) is 11.3 Å². The summed E-state index contributed by atoms with van der Waals surface area (Å²) in [4.78, 5) is 13.4. The van der Waals surface area contributed by atoms with Crippen LogP contribution in [0.5, 0.6) is 0 Å². The molecule has 0 aromatic heterocycles. The van der Waals surface area contributed by atoms with Crippen LogP contribution in [0.3, 0.4) is 0 Å². The molecule has 18 heavy (non-hydrogen) atoms. The maximum Gasteiger partial charge on any atom is 0.224 e. The number of nitrogens with zero attached hydrogens (tertiary/aromatic N) is 2. The summed E-state index contributed by atoms with van der Waals surface area (Å²) in [6.07, 6.45) is 0.